The topological polar surface area (TPSA) is 43.1 Å². The molecule has 0 aromatic heterocycles. The molecular formula is C14H27NO. The quantitative estimate of drug-likeness (QED) is 0.754. The molecule has 0 aliphatic heterocycles. The van der Waals surface area contributed by atoms with E-state index >= 15 is 0 Å². The highest BCUT2D eigenvalue weighted by Crippen LogP contribution is 2.32. The Balaban J connectivity index is 2.32. The van der Waals surface area contributed by atoms with E-state index in [-0.39, 0.29) is 5.92 Å². The fourth-order valence-corrected chi connectivity index (χ4v) is 2.82. The molecule has 94 valence electrons. The Bertz CT molecular complexity index is 207. The number of carbonyl (C=O) groups is 1. The van der Waals surface area contributed by atoms with Crippen LogP contribution in [0, 0.1) is 17.8 Å². The van der Waals surface area contributed by atoms with Gasteiger partial charge in [-0.1, -0.05) is 20.3 Å². The van der Waals surface area contributed by atoms with Crippen LogP contribution in [-0.2, 0) is 4.79 Å². The molecule has 1 atom stereocenters. The Labute approximate surface area is 100.0 Å². The van der Waals surface area contributed by atoms with Crippen LogP contribution in [0.15, 0.2) is 0 Å². The number of ketones is 1. The maximum Gasteiger partial charge on any atom is 0.138 e. The third-order valence-electron chi connectivity index (χ3n) is 4.15. The fraction of sp³-hybridized carbons (Fsp3) is 0.929. The second kappa shape index (κ2) is 7.05. The van der Waals surface area contributed by atoms with Gasteiger partial charge in [-0.3, -0.25) is 4.79 Å². The van der Waals surface area contributed by atoms with E-state index in [4.69, 9.17) is 5.73 Å². The molecular weight excluding hydrogens is 198 g/mol. The molecule has 16 heavy (non-hydrogen) atoms. The minimum absolute atomic E-state index is 0.228. The highest BCUT2D eigenvalue weighted by Gasteiger charge is 2.27. The molecule has 1 aliphatic carbocycles. The zero-order valence-corrected chi connectivity index (χ0v) is 10.9. The third-order valence-corrected chi connectivity index (χ3v) is 4.15. The van der Waals surface area contributed by atoms with Crippen molar-refractivity contribution >= 4 is 5.78 Å². The lowest BCUT2D eigenvalue weighted by Gasteiger charge is -2.28. The van der Waals surface area contributed by atoms with Crippen LogP contribution >= 0.6 is 0 Å². The van der Waals surface area contributed by atoms with Gasteiger partial charge in [-0.15, -0.1) is 0 Å². The summed E-state index contributed by atoms with van der Waals surface area (Å²) in [6, 6.07) is 0. The summed E-state index contributed by atoms with van der Waals surface area (Å²) in [7, 11) is 0. The second-order valence-electron chi connectivity index (χ2n) is 5.36. The average Bonchev–Trinajstić information content (AvgIpc) is 2.35. The molecule has 2 heteroatoms. The molecule has 0 radical (unpaired) electrons. The summed E-state index contributed by atoms with van der Waals surface area (Å²) in [5.74, 6) is 1.97. The molecule has 2 N–H and O–H groups in total. The average molecular weight is 225 g/mol. The van der Waals surface area contributed by atoms with Crippen molar-refractivity contribution < 1.29 is 4.79 Å². The van der Waals surface area contributed by atoms with Crippen molar-refractivity contribution in [1.82, 2.24) is 0 Å². The van der Waals surface area contributed by atoms with E-state index in [0.29, 0.717) is 18.2 Å². The SMILES string of the molecule is CCC1CCC(C(=O)C(C)CCCN)CC1. The molecule has 0 aromatic carbocycles. The molecule has 1 saturated carbocycles. The summed E-state index contributed by atoms with van der Waals surface area (Å²) >= 11 is 0. The lowest BCUT2D eigenvalue weighted by atomic mass is 9.76. The first kappa shape index (κ1) is 13.7. The van der Waals surface area contributed by atoms with Crippen molar-refractivity contribution in [2.24, 2.45) is 23.5 Å². The molecule has 0 saturated heterocycles. The van der Waals surface area contributed by atoms with Crippen LogP contribution in [0.5, 0.6) is 0 Å². The minimum Gasteiger partial charge on any atom is -0.330 e. The predicted molar refractivity (Wildman–Crippen MR) is 68.2 cm³/mol. The Morgan fingerprint density at radius 3 is 2.44 bits per heavy atom. The van der Waals surface area contributed by atoms with Gasteiger partial charge in [0.1, 0.15) is 5.78 Å². The number of hydrogen-bond acceptors (Lipinski definition) is 2. The first-order valence-corrected chi connectivity index (χ1v) is 6.92. The van der Waals surface area contributed by atoms with Crippen molar-refractivity contribution in [3.63, 3.8) is 0 Å². The first-order valence-electron chi connectivity index (χ1n) is 6.92. The van der Waals surface area contributed by atoms with Crippen molar-refractivity contribution in [3.8, 4) is 0 Å². The Hall–Kier alpha value is -0.370. The van der Waals surface area contributed by atoms with E-state index in [1.807, 2.05) is 0 Å². The standard InChI is InChI=1S/C14H27NO/c1-3-12-6-8-13(9-7-12)14(16)11(2)5-4-10-15/h11-13H,3-10,15H2,1-2H3. The third kappa shape index (κ3) is 3.89. The first-order chi connectivity index (χ1) is 7.69. The molecule has 0 heterocycles. The van der Waals surface area contributed by atoms with Crippen LogP contribution in [0.2, 0.25) is 0 Å². The van der Waals surface area contributed by atoms with E-state index in [1.54, 1.807) is 0 Å². The number of hydrogen-bond donors (Lipinski definition) is 1. The number of Topliss-reactive ketones (excluding diaryl/α,β-unsaturated/α-hetero) is 1. The van der Waals surface area contributed by atoms with Crippen LogP contribution in [0.1, 0.15) is 58.8 Å². The van der Waals surface area contributed by atoms with E-state index in [9.17, 15) is 4.79 Å². The Morgan fingerprint density at radius 1 is 1.31 bits per heavy atom. The van der Waals surface area contributed by atoms with Gasteiger partial charge in [0, 0.05) is 11.8 Å². The normalized spacial score (nSPS) is 27.7. The van der Waals surface area contributed by atoms with Crippen molar-refractivity contribution in [1.29, 1.82) is 0 Å². The smallest absolute Gasteiger partial charge is 0.138 e. The molecule has 0 bridgehead atoms. The van der Waals surface area contributed by atoms with Gasteiger partial charge in [0.15, 0.2) is 0 Å². The molecule has 1 fully saturated rings. The summed E-state index contributed by atoms with van der Waals surface area (Å²) in [5.41, 5.74) is 5.48. The van der Waals surface area contributed by atoms with Crippen LogP contribution in [0.25, 0.3) is 0 Å². The molecule has 2 nitrogen and oxygen atoms in total. The van der Waals surface area contributed by atoms with Crippen molar-refractivity contribution in [3.05, 3.63) is 0 Å². The van der Waals surface area contributed by atoms with E-state index in [2.05, 4.69) is 13.8 Å². The van der Waals surface area contributed by atoms with Crippen LogP contribution < -0.4 is 5.73 Å². The zero-order valence-electron chi connectivity index (χ0n) is 10.9. The molecule has 0 spiro atoms. The maximum atomic E-state index is 12.2. The minimum atomic E-state index is 0.228. The number of carbonyl (C=O) groups excluding carboxylic acids is 1. The molecule has 0 amide bonds. The van der Waals surface area contributed by atoms with Crippen molar-refractivity contribution in [2.75, 3.05) is 6.54 Å². The largest absolute Gasteiger partial charge is 0.330 e. The van der Waals surface area contributed by atoms with Gasteiger partial charge in [0.25, 0.3) is 0 Å². The van der Waals surface area contributed by atoms with Crippen LogP contribution in [0.3, 0.4) is 0 Å². The van der Waals surface area contributed by atoms with Crippen LogP contribution in [0.4, 0.5) is 0 Å². The van der Waals surface area contributed by atoms with Gasteiger partial charge in [-0.25, -0.2) is 0 Å². The fourth-order valence-electron chi connectivity index (χ4n) is 2.82. The van der Waals surface area contributed by atoms with Gasteiger partial charge < -0.3 is 5.73 Å². The Kier molecular flexibility index (Phi) is 6.04. The highest BCUT2D eigenvalue weighted by atomic mass is 16.1. The summed E-state index contributed by atoms with van der Waals surface area (Å²) in [4.78, 5) is 12.2. The monoisotopic (exact) mass is 225 g/mol. The summed E-state index contributed by atoms with van der Waals surface area (Å²) in [5, 5.41) is 0. The molecule has 1 rings (SSSR count). The molecule has 0 aromatic rings. The molecule has 1 aliphatic rings. The van der Waals surface area contributed by atoms with Crippen molar-refractivity contribution in [2.45, 2.75) is 58.8 Å². The van der Waals surface area contributed by atoms with E-state index in [0.717, 1.165) is 31.6 Å². The van der Waals surface area contributed by atoms with E-state index in [1.165, 1.54) is 19.3 Å². The van der Waals surface area contributed by atoms with E-state index < -0.39 is 0 Å². The van der Waals surface area contributed by atoms with Crippen LogP contribution in [-0.4, -0.2) is 12.3 Å². The predicted octanol–water partition coefficient (Wildman–Crippen LogP) is 3.15. The van der Waals surface area contributed by atoms with Gasteiger partial charge in [0.05, 0.1) is 0 Å². The number of nitrogens with two attached hydrogens (primary N) is 1. The van der Waals surface area contributed by atoms with Gasteiger partial charge in [-0.2, -0.15) is 0 Å². The Morgan fingerprint density at radius 2 is 1.94 bits per heavy atom. The lowest BCUT2D eigenvalue weighted by Crippen LogP contribution is -2.26. The summed E-state index contributed by atoms with van der Waals surface area (Å²) in [6.45, 7) is 5.04. The lowest BCUT2D eigenvalue weighted by molar-refractivity contribution is -0.127. The zero-order chi connectivity index (χ0) is 12.0. The number of rotatable bonds is 6. The van der Waals surface area contributed by atoms with Gasteiger partial charge in [-0.05, 0) is 51.0 Å². The van der Waals surface area contributed by atoms with Gasteiger partial charge in [0.2, 0.25) is 0 Å². The maximum absolute atomic E-state index is 12.2. The second-order valence-corrected chi connectivity index (χ2v) is 5.36. The van der Waals surface area contributed by atoms with Gasteiger partial charge >= 0.3 is 0 Å². The molecule has 1 unspecified atom stereocenters. The summed E-state index contributed by atoms with van der Waals surface area (Å²) in [6.07, 6.45) is 8.02. The summed E-state index contributed by atoms with van der Waals surface area (Å²) < 4.78 is 0. The highest BCUT2D eigenvalue weighted by molar-refractivity contribution is 5.83.